The molecule has 0 saturated heterocycles. The molecule has 0 aromatic heterocycles. The normalized spacial score (nSPS) is 36.5. The van der Waals surface area contributed by atoms with E-state index in [0.29, 0.717) is 0 Å². The van der Waals surface area contributed by atoms with Gasteiger partial charge in [0.05, 0.1) is 0 Å². The zero-order valence-corrected chi connectivity index (χ0v) is 19.6. The summed E-state index contributed by atoms with van der Waals surface area (Å²) in [6.45, 7) is 14.3. The highest BCUT2D eigenvalue weighted by molar-refractivity contribution is 4.85. The molecule has 0 unspecified atom stereocenters. The lowest BCUT2D eigenvalue weighted by Gasteiger charge is -2.41. The smallest absolute Gasteiger partial charge is 0.0351 e. The van der Waals surface area contributed by atoms with Crippen molar-refractivity contribution in [2.45, 2.75) is 125 Å². The van der Waals surface area contributed by atoms with Gasteiger partial charge in [0.25, 0.3) is 0 Å². The van der Waals surface area contributed by atoms with E-state index in [0.717, 1.165) is 35.5 Å². The Morgan fingerprint density at radius 1 is 0.593 bits per heavy atom. The molecule has 0 heterocycles. The van der Waals surface area contributed by atoms with Crippen molar-refractivity contribution in [3.8, 4) is 0 Å². The van der Waals surface area contributed by atoms with Crippen LogP contribution < -0.4 is 0 Å². The third kappa shape index (κ3) is 8.33. The van der Waals surface area contributed by atoms with Gasteiger partial charge in [0.2, 0.25) is 0 Å². The van der Waals surface area contributed by atoms with E-state index >= 15 is 0 Å². The summed E-state index contributed by atoms with van der Waals surface area (Å²) in [5.41, 5.74) is 0. The molecule has 3 aliphatic carbocycles. The van der Waals surface area contributed by atoms with E-state index in [4.69, 9.17) is 0 Å². The fraction of sp³-hybridized carbons (Fsp3) is 0.926. The van der Waals surface area contributed by atoms with Crippen LogP contribution >= 0.6 is 0 Å². The molecule has 0 aromatic rings. The first-order valence-corrected chi connectivity index (χ1v) is 12.9. The van der Waals surface area contributed by atoms with Crippen molar-refractivity contribution in [2.75, 3.05) is 0 Å². The van der Waals surface area contributed by atoms with Crippen molar-refractivity contribution in [1.82, 2.24) is 0 Å². The standard InChI is InChI=1S/C23H40.2C2H6/c1-3-4-5-19-8-12-21(13-9-19)23-16-14-22(15-17-23)20-10-6-18(2)7-11-20;2*1-2/h3,18-23H,1,4-17H2,2H3;2*1-2H3. The molecule has 27 heavy (non-hydrogen) atoms. The second kappa shape index (κ2) is 14.7. The molecule has 0 heteroatoms. The SMILES string of the molecule is C=CCCC1CCC(C2CCC(C3CCC(C)CC3)CC2)CC1.CC.CC. The van der Waals surface area contributed by atoms with E-state index in [2.05, 4.69) is 19.6 Å². The maximum Gasteiger partial charge on any atom is -0.0351 e. The van der Waals surface area contributed by atoms with E-state index in [-0.39, 0.29) is 0 Å². The largest absolute Gasteiger partial charge is 0.103 e. The molecule has 3 fully saturated rings. The molecule has 0 aliphatic heterocycles. The molecule has 160 valence electrons. The molecule has 0 spiro atoms. The third-order valence-electron chi connectivity index (χ3n) is 7.88. The molecular weight excluding hydrogens is 324 g/mol. The molecule has 0 amide bonds. The molecule has 3 saturated carbocycles. The van der Waals surface area contributed by atoms with Crippen LogP contribution in [0.25, 0.3) is 0 Å². The van der Waals surface area contributed by atoms with Gasteiger partial charge in [-0.25, -0.2) is 0 Å². The van der Waals surface area contributed by atoms with Crippen molar-refractivity contribution >= 4 is 0 Å². The number of rotatable bonds is 5. The predicted octanol–water partition coefficient (Wildman–Crippen LogP) is 9.44. The molecule has 0 N–H and O–H groups in total. The summed E-state index contributed by atoms with van der Waals surface area (Å²) in [5, 5.41) is 0. The first-order chi connectivity index (χ1) is 13.3. The van der Waals surface area contributed by atoms with E-state index < -0.39 is 0 Å². The Bertz CT molecular complexity index is 333. The quantitative estimate of drug-likeness (QED) is 0.419. The van der Waals surface area contributed by atoms with Gasteiger partial charge in [0.1, 0.15) is 0 Å². The summed E-state index contributed by atoms with van der Waals surface area (Å²) in [6, 6.07) is 0. The average Bonchev–Trinajstić information content (AvgIpc) is 2.76. The van der Waals surface area contributed by atoms with Gasteiger partial charge in [-0.1, -0.05) is 66.4 Å². The van der Waals surface area contributed by atoms with Crippen LogP contribution in [0, 0.1) is 35.5 Å². The molecule has 0 nitrogen and oxygen atoms in total. The maximum atomic E-state index is 3.88. The topological polar surface area (TPSA) is 0 Å². The molecule has 0 radical (unpaired) electrons. The van der Waals surface area contributed by atoms with Gasteiger partial charge in [-0.05, 0) is 99.7 Å². The van der Waals surface area contributed by atoms with Crippen molar-refractivity contribution in [3.63, 3.8) is 0 Å². The fourth-order valence-corrected chi connectivity index (χ4v) is 6.15. The van der Waals surface area contributed by atoms with Crippen molar-refractivity contribution in [1.29, 1.82) is 0 Å². The van der Waals surface area contributed by atoms with Crippen molar-refractivity contribution < 1.29 is 0 Å². The predicted molar refractivity (Wildman–Crippen MR) is 124 cm³/mol. The Hall–Kier alpha value is -0.260. The highest BCUT2D eigenvalue weighted by Crippen LogP contribution is 2.46. The van der Waals surface area contributed by atoms with E-state index in [1.165, 1.54) is 51.4 Å². The summed E-state index contributed by atoms with van der Waals surface area (Å²) in [6.07, 6.45) is 23.3. The zero-order chi connectivity index (χ0) is 20.1. The Morgan fingerprint density at radius 2 is 0.926 bits per heavy atom. The third-order valence-corrected chi connectivity index (χ3v) is 7.88. The van der Waals surface area contributed by atoms with Gasteiger partial charge in [0.15, 0.2) is 0 Å². The Morgan fingerprint density at radius 3 is 1.30 bits per heavy atom. The number of allylic oxidation sites excluding steroid dienone is 1. The highest BCUT2D eigenvalue weighted by Gasteiger charge is 2.34. The zero-order valence-electron chi connectivity index (χ0n) is 19.6. The maximum absolute atomic E-state index is 3.88. The lowest BCUT2D eigenvalue weighted by Crippen LogP contribution is -2.29. The molecule has 0 atom stereocenters. The number of hydrogen-bond donors (Lipinski definition) is 0. The van der Waals surface area contributed by atoms with Crippen LogP contribution in [0.5, 0.6) is 0 Å². The number of hydrogen-bond acceptors (Lipinski definition) is 0. The Labute approximate surface area is 173 Å². The summed E-state index contributed by atoms with van der Waals surface area (Å²) < 4.78 is 0. The Balaban J connectivity index is 0.000000855. The van der Waals surface area contributed by atoms with Crippen LogP contribution in [0.15, 0.2) is 12.7 Å². The van der Waals surface area contributed by atoms with Gasteiger partial charge in [0, 0.05) is 0 Å². The van der Waals surface area contributed by atoms with Gasteiger partial charge >= 0.3 is 0 Å². The minimum absolute atomic E-state index is 1.01. The first-order valence-electron chi connectivity index (χ1n) is 12.9. The van der Waals surface area contributed by atoms with E-state index in [1.807, 2.05) is 27.7 Å². The fourth-order valence-electron chi connectivity index (χ4n) is 6.15. The van der Waals surface area contributed by atoms with Crippen LogP contribution in [-0.4, -0.2) is 0 Å². The van der Waals surface area contributed by atoms with Crippen LogP contribution in [-0.2, 0) is 0 Å². The van der Waals surface area contributed by atoms with Crippen molar-refractivity contribution in [3.05, 3.63) is 12.7 Å². The summed E-state index contributed by atoms with van der Waals surface area (Å²) in [7, 11) is 0. The summed E-state index contributed by atoms with van der Waals surface area (Å²) in [5.74, 6) is 6.41. The molecule has 0 bridgehead atoms. The van der Waals surface area contributed by atoms with Gasteiger partial charge in [-0.2, -0.15) is 0 Å². The Kier molecular flexibility index (Phi) is 13.5. The molecule has 3 rings (SSSR count). The molecule has 0 aromatic carbocycles. The lowest BCUT2D eigenvalue weighted by molar-refractivity contribution is 0.105. The first kappa shape index (κ1) is 24.8. The minimum Gasteiger partial charge on any atom is -0.103 e. The van der Waals surface area contributed by atoms with Crippen LogP contribution in [0.4, 0.5) is 0 Å². The minimum atomic E-state index is 1.01. The second-order valence-electron chi connectivity index (χ2n) is 9.34. The van der Waals surface area contributed by atoms with Gasteiger partial charge in [-0.15, -0.1) is 6.58 Å². The van der Waals surface area contributed by atoms with E-state index in [1.54, 1.807) is 38.5 Å². The average molecular weight is 377 g/mol. The second-order valence-corrected chi connectivity index (χ2v) is 9.34. The molecular formula is C27H52. The van der Waals surface area contributed by atoms with Gasteiger partial charge < -0.3 is 0 Å². The van der Waals surface area contributed by atoms with Crippen LogP contribution in [0.2, 0.25) is 0 Å². The summed E-state index contributed by atoms with van der Waals surface area (Å²) >= 11 is 0. The van der Waals surface area contributed by atoms with E-state index in [9.17, 15) is 0 Å². The molecule has 3 aliphatic rings. The van der Waals surface area contributed by atoms with Crippen molar-refractivity contribution in [2.24, 2.45) is 35.5 Å². The monoisotopic (exact) mass is 376 g/mol. The van der Waals surface area contributed by atoms with Crippen LogP contribution in [0.1, 0.15) is 125 Å². The highest BCUT2D eigenvalue weighted by atomic mass is 14.4. The van der Waals surface area contributed by atoms with Gasteiger partial charge in [-0.3, -0.25) is 0 Å². The summed E-state index contributed by atoms with van der Waals surface area (Å²) in [4.78, 5) is 0. The van der Waals surface area contributed by atoms with Crippen LogP contribution in [0.3, 0.4) is 0 Å². The lowest BCUT2D eigenvalue weighted by atomic mass is 9.65.